The molecule has 0 heterocycles. The van der Waals surface area contributed by atoms with Gasteiger partial charge in [-0.25, -0.2) is 4.79 Å². The summed E-state index contributed by atoms with van der Waals surface area (Å²) in [5.41, 5.74) is 2.44. The van der Waals surface area contributed by atoms with E-state index in [1.54, 1.807) is 0 Å². The molecule has 2 amide bonds. The molecule has 1 aromatic carbocycles. The monoisotopic (exact) mass is 304 g/mol. The van der Waals surface area contributed by atoms with Gasteiger partial charge in [-0.1, -0.05) is 38.1 Å². The maximum absolute atomic E-state index is 11.8. The van der Waals surface area contributed by atoms with Crippen LogP contribution >= 0.6 is 0 Å². The number of carbonyl (C=O) groups excluding carboxylic acids is 1. The predicted molar refractivity (Wildman–Crippen MR) is 88.6 cm³/mol. The second-order valence-electron chi connectivity index (χ2n) is 6.93. The van der Waals surface area contributed by atoms with Crippen molar-refractivity contribution in [2.75, 3.05) is 13.1 Å². The fourth-order valence-corrected chi connectivity index (χ4v) is 2.96. The maximum Gasteiger partial charge on any atom is 0.314 e. The molecule has 0 spiro atoms. The van der Waals surface area contributed by atoms with Crippen molar-refractivity contribution in [2.45, 2.75) is 46.1 Å². The zero-order chi connectivity index (χ0) is 16.0. The standard InChI is InChI=1S/C18H28N2O2/c1-14(2)11-18(8-9-18)13-20-17(22)19-10-7-15-3-5-16(12-21)6-4-15/h3-6,14,21H,7-13H2,1-2H3,(H2,19,20,22). The third-order valence-corrected chi connectivity index (χ3v) is 4.33. The molecule has 122 valence electrons. The summed E-state index contributed by atoms with van der Waals surface area (Å²) in [6.07, 6.45) is 4.48. The first-order chi connectivity index (χ1) is 10.5. The minimum Gasteiger partial charge on any atom is -0.392 e. The smallest absolute Gasteiger partial charge is 0.314 e. The number of nitrogens with one attached hydrogen (secondary N) is 2. The Morgan fingerprint density at radius 3 is 2.36 bits per heavy atom. The van der Waals surface area contributed by atoms with Gasteiger partial charge in [0.05, 0.1) is 6.61 Å². The topological polar surface area (TPSA) is 61.4 Å². The van der Waals surface area contributed by atoms with E-state index in [0.717, 1.165) is 24.1 Å². The summed E-state index contributed by atoms with van der Waals surface area (Å²) in [5.74, 6) is 0.689. The first-order valence-electron chi connectivity index (χ1n) is 8.23. The van der Waals surface area contributed by atoms with Crippen molar-refractivity contribution in [1.29, 1.82) is 0 Å². The van der Waals surface area contributed by atoms with Gasteiger partial charge in [-0.15, -0.1) is 0 Å². The van der Waals surface area contributed by atoms with Gasteiger partial charge in [0.1, 0.15) is 0 Å². The van der Waals surface area contributed by atoms with Crippen LogP contribution in [0.2, 0.25) is 0 Å². The summed E-state index contributed by atoms with van der Waals surface area (Å²) < 4.78 is 0. The molecular formula is C18H28N2O2. The summed E-state index contributed by atoms with van der Waals surface area (Å²) in [5, 5.41) is 14.9. The molecule has 1 aliphatic rings. The summed E-state index contributed by atoms with van der Waals surface area (Å²) >= 11 is 0. The number of aliphatic hydroxyl groups excluding tert-OH is 1. The average molecular weight is 304 g/mol. The Bertz CT molecular complexity index is 478. The van der Waals surface area contributed by atoms with E-state index in [1.165, 1.54) is 19.3 Å². The Hall–Kier alpha value is -1.55. The lowest BCUT2D eigenvalue weighted by Gasteiger charge is -2.18. The number of benzene rings is 1. The van der Waals surface area contributed by atoms with Gasteiger partial charge in [0.15, 0.2) is 0 Å². The average Bonchev–Trinajstić information content (AvgIpc) is 3.25. The van der Waals surface area contributed by atoms with Gasteiger partial charge in [0, 0.05) is 13.1 Å². The van der Waals surface area contributed by atoms with Crippen LogP contribution < -0.4 is 10.6 Å². The lowest BCUT2D eigenvalue weighted by atomic mass is 9.94. The van der Waals surface area contributed by atoms with E-state index in [-0.39, 0.29) is 12.6 Å². The van der Waals surface area contributed by atoms with Crippen LogP contribution in [0, 0.1) is 11.3 Å². The molecule has 0 atom stereocenters. The van der Waals surface area contributed by atoms with Crippen LogP contribution in [0.25, 0.3) is 0 Å². The molecule has 0 saturated heterocycles. The van der Waals surface area contributed by atoms with E-state index in [9.17, 15) is 4.79 Å². The number of rotatable bonds is 8. The molecule has 0 bridgehead atoms. The van der Waals surface area contributed by atoms with Gasteiger partial charge >= 0.3 is 6.03 Å². The third-order valence-electron chi connectivity index (χ3n) is 4.33. The fourth-order valence-electron chi connectivity index (χ4n) is 2.96. The second kappa shape index (κ2) is 7.63. The van der Waals surface area contributed by atoms with E-state index in [2.05, 4.69) is 24.5 Å². The summed E-state index contributed by atoms with van der Waals surface area (Å²) in [6, 6.07) is 7.75. The van der Waals surface area contributed by atoms with E-state index in [1.807, 2.05) is 24.3 Å². The molecule has 1 aromatic rings. The molecule has 4 heteroatoms. The quantitative estimate of drug-likeness (QED) is 0.691. The zero-order valence-electron chi connectivity index (χ0n) is 13.7. The van der Waals surface area contributed by atoms with E-state index in [0.29, 0.717) is 17.9 Å². The molecule has 0 radical (unpaired) electrons. The van der Waals surface area contributed by atoms with Gasteiger partial charge in [-0.2, -0.15) is 0 Å². The Balaban J connectivity index is 1.63. The Morgan fingerprint density at radius 2 is 1.82 bits per heavy atom. The minimum atomic E-state index is -0.0676. The number of hydrogen-bond donors (Lipinski definition) is 3. The Kier molecular flexibility index (Phi) is 5.83. The molecule has 22 heavy (non-hydrogen) atoms. The molecule has 2 rings (SSSR count). The molecule has 0 unspecified atom stereocenters. The number of carbonyl (C=O) groups is 1. The summed E-state index contributed by atoms with van der Waals surface area (Å²) in [6.45, 7) is 5.97. The lowest BCUT2D eigenvalue weighted by Crippen LogP contribution is -2.39. The highest BCUT2D eigenvalue weighted by atomic mass is 16.3. The predicted octanol–water partition coefficient (Wildman–Crippen LogP) is 2.85. The normalized spacial score (nSPS) is 15.6. The van der Waals surface area contributed by atoms with Crippen molar-refractivity contribution in [3.05, 3.63) is 35.4 Å². The maximum atomic E-state index is 11.8. The number of aliphatic hydroxyl groups is 1. The van der Waals surface area contributed by atoms with Crippen molar-refractivity contribution in [3.63, 3.8) is 0 Å². The summed E-state index contributed by atoms with van der Waals surface area (Å²) in [4.78, 5) is 11.8. The van der Waals surface area contributed by atoms with Crippen LogP contribution in [-0.2, 0) is 13.0 Å². The molecular weight excluding hydrogens is 276 g/mol. The highest BCUT2D eigenvalue weighted by Crippen LogP contribution is 2.49. The minimum absolute atomic E-state index is 0.0676. The fraction of sp³-hybridized carbons (Fsp3) is 0.611. The van der Waals surface area contributed by atoms with Crippen molar-refractivity contribution in [2.24, 2.45) is 11.3 Å². The second-order valence-corrected chi connectivity index (χ2v) is 6.93. The third kappa shape index (κ3) is 5.34. The highest BCUT2D eigenvalue weighted by Gasteiger charge is 2.42. The number of urea groups is 1. The van der Waals surface area contributed by atoms with Gasteiger partial charge in [0.2, 0.25) is 0 Å². The highest BCUT2D eigenvalue weighted by molar-refractivity contribution is 5.73. The van der Waals surface area contributed by atoms with E-state index >= 15 is 0 Å². The first kappa shape index (κ1) is 16.8. The molecule has 0 aliphatic heterocycles. The SMILES string of the molecule is CC(C)CC1(CNC(=O)NCCc2ccc(CO)cc2)CC1. The van der Waals surface area contributed by atoms with Crippen LogP contribution in [0.15, 0.2) is 24.3 Å². The number of amides is 2. The Labute approximate surface area is 133 Å². The molecule has 1 fully saturated rings. The van der Waals surface area contributed by atoms with Gasteiger partial charge in [-0.3, -0.25) is 0 Å². The van der Waals surface area contributed by atoms with Crippen molar-refractivity contribution < 1.29 is 9.90 Å². The van der Waals surface area contributed by atoms with Crippen LogP contribution in [0.5, 0.6) is 0 Å². The largest absolute Gasteiger partial charge is 0.392 e. The molecule has 1 aliphatic carbocycles. The number of hydrogen-bond acceptors (Lipinski definition) is 2. The molecule has 0 aromatic heterocycles. The molecule has 3 N–H and O–H groups in total. The van der Waals surface area contributed by atoms with Crippen LogP contribution in [0.4, 0.5) is 4.79 Å². The first-order valence-corrected chi connectivity index (χ1v) is 8.23. The van der Waals surface area contributed by atoms with Crippen molar-refractivity contribution in [3.8, 4) is 0 Å². The Morgan fingerprint density at radius 1 is 1.18 bits per heavy atom. The lowest BCUT2D eigenvalue weighted by molar-refractivity contribution is 0.236. The summed E-state index contributed by atoms with van der Waals surface area (Å²) in [7, 11) is 0. The zero-order valence-corrected chi connectivity index (χ0v) is 13.7. The van der Waals surface area contributed by atoms with Crippen molar-refractivity contribution in [1.82, 2.24) is 10.6 Å². The molecule has 1 saturated carbocycles. The van der Waals surface area contributed by atoms with Crippen LogP contribution in [0.1, 0.15) is 44.2 Å². The van der Waals surface area contributed by atoms with Gasteiger partial charge in [-0.05, 0) is 48.1 Å². The van der Waals surface area contributed by atoms with Crippen LogP contribution in [-0.4, -0.2) is 24.2 Å². The van der Waals surface area contributed by atoms with E-state index < -0.39 is 0 Å². The van der Waals surface area contributed by atoms with E-state index in [4.69, 9.17) is 5.11 Å². The van der Waals surface area contributed by atoms with Crippen molar-refractivity contribution >= 4 is 6.03 Å². The van der Waals surface area contributed by atoms with Gasteiger partial charge < -0.3 is 15.7 Å². The van der Waals surface area contributed by atoms with Crippen LogP contribution in [0.3, 0.4) is 0 Å². The molecule has 4 nitrogen and oxygen atoms in total. The van der Waals surface area contributed by atoms with Gasteiger partial charge in [0.25, 0.3) is 0 Å².